The van der Waals surface area contributed by atoms with Gasteiger partial charge in [-0.1, -0.05) is 76.1 Å². The summed E-state index contributed by atoms with van der Waals surface area (Å²) in [6.45, 7) is 1.69. The van der Waals surface area contributed by atoms with Gasteiger partial charge in [-0.2, -0.15) is 0 Å². The fourth-order valence-electron chi connectivity index (χ4n) is 3.14. The average Bonchev–Trinajstić information content (AvgIpc) is 2.77. The van der Waals surface area contributed by atoms with E-state index < -0.39 is 5.97 Å². The van der Waals surface area contributed by atoms with Crippen LogP contribution >= 0.6 is 15.9 Å². The molecule has 4 nitrogen and oxygen atoms in total. The summed E-state index contributed by atoms with van der Waals surface area (Å²) in [5.74, 6) is -0.805. The first-order valence-corrected chi connectivity index (χ1v) is 10.2. The highest BCUT2D eigenvalue weighted by atomic mass is 79.9. The van der Waals surface area contributed by atoms with Gasteiger partial charge in [0.05, 0.1) is 16.8 Å². The molecule has 1 aromatic heterocycles. The van der Waals surface area contributed by atoms with E-state index >= 15 is 0 Å². The molecule has 30 heavy (non-hydrogen) atoms. The molecule has 148 valence electrons. The maximum Gasteiger partial charge on any atom is 0.339 e. The van der Waals surface area contributed by atoms with Gasteiger partial charge in [-0.25, -0.2) is 9.78 Å². The molecule has 0 bridgehead atoms. The minimum Gasteiger partial charge on any atom is -0.454 e. The SMILES string of the molecule is Cc1ccc(-c2cc(C(=O)OCC(=O)c3ccc(Br)cc3)c3ccccc3n2)cc1. The summed E-state index contributed by atoms with van der Waals surface area (Å²) >= 11 is 3.34. The summed E-state index contributed by atoms with van der Waals surface area (Å²) < 4.78 is 6.24. The second-order valence-electron chi connectivity index (χ2n) is 6.94. The molecule has 0 amide bonds. The van der Waals surface area contributed by atoms with E-state index in [1.165, 1.54) is 0 Å². The minimum absolute atomic E-state index is 0.257. The average molecular weight is 460 g/mol. The molecule has 0 radical (unpaired) electrons. The summed E-state index contributed by atoms with van der Waals surface area (Å²) in [6.07, 6.45) is 0. The molecule has 1 heterocycles. The van der Waals surface area contributed by atoms with E-state index in [4.69, 9.17) is 9.72 Å². The Morgan fingerprint density at radius 1 is 0.933 bits per heavy atom. The predicted octanol–water partition coefficient (Wildman–Crippen LogP) is 6.01. The number of benzene rings is 3. The maximum atomic E-state index is 12.9. The number of hydrogen-bond acceptors (Lipinski definition) is 4. The zero-order valence-electron chi connectivity index (χ0n) is 16.3. The highest BCUT2D eigenvalue weighted by molar-refractivity contribution is 9.10. The number of carbonyl (C=O) groups excluding carboxylic acids is 2. The van der Waals surface area contributed by atoms with Gasteiger partial charge in [-0.15, -0.1) is 0 Å². The fraction of sp³-hybridized carbons (Fsp3) is 0.0800. The minimum atomic E-state index is -0.549. The van der Waals surface area contributed by atoms with Crippen molar-refractivity contribution in [3.05, 3.63) is 100 Å². The third-order valence-electron chi connectivity index (χ3n) is 4.78. The molecule has 0 saturated heterocycles. The molecule has 0 spiro atoms. The van der Waals surface area contributed by atoms with Crippen LogP contribution in [0.15, 0.2) is 83.3 Å². The number of fused-ring (bicyclic) bond motifs is 1. The van der Waals surface area contributed by atoms with Crippen LogP contribution < -0.4 is 0 Å². The first kappa shape index (κ1) is 20.0. The molecule has 0 saturated carbocycles. The Kier molecular flexibility index (Phi) is 5.72. The molecule has 0 N–H and O–H groups in total. The standard InChI is InChI=1S/C25H18BrNO3/c1-16-6-8-17(9-7-16)23-14-21(20-4-2-3-5-22(20)27-23)25(29)30-15-24(28)18-10-12-19(26)13-11-18/h2-14H,15H2,1H3. The number of aromatic nitrogens is 1. The van der Waals surface area contributed by atoms with Gasteiger partial charge in [-0.3, -0.25) is 4.79 Å². The number of nitrogens with zero attached hydrogens (tertiary/aromatic N) is 1. The molecule has 0 atom stereocenters. The number of esters is 1. The lowest BCUT2D eigenvalue weighted by Gasteiger charge is -2.10. The van der Waals surface area contributed by atoms with Crippen molar-refractivity contribution in [3.63, 3.8) is 0 Å². The Morgan fingerprint density at radius 2 is 1.63 bits per heavy atom. The summed E-state index contributed by atoms with van der Waals surface area (Å²) in [4.78, 5) is 29.9. The third-order valence-corrected chi connectivity index (χ3v) is 5.31. The van der Waals surface area contributed by atoms with Gasteiger partial charge >= 0.3 is 5.97 Å². The summed E-state index contributed by atoms with van der Waals surface area (Å²) in [7, 11) is 0. The molecule has 0 unspecified atom stereocenters. The number of halogens is 1. The number of pyridine rings is 1. The van der Waals surface area contributed by atoms with E-state index in [1.807, 2.05) is 55.5 Å². The third kappa shape index (κ3) is 4.31. The Bertz CT molecular complexity index is 1230. The number of ether oxygens (including phenoxy) is 1. The number of rotatable bonds is 5. The lowest BCUT2D eigenvalue weighted by atomic mass is 10.0. The van der Waals surface area contributed by atoms with Gasteiger partial charge in [0, 0.05) is 21.0 Å². The summed E-state index contributed by atoms with van der Waals surface area (Å²) in [6, 6.07) is 24.0. The normalized spacial score (nSPS) is 10.7. The maximum absolute atomic E-state index is 12.9. The first-order valence-electron chi connectivity index (χ1n) is 9.44. The van der Waals surface area contributed by atoms with Crippen LogP contribution in [0.4, 0.5) is 0 Å². The molecular weight excluding hydrogens is 442 g/mol. The molecule has 0 fully saturated rings. The van der Waals surface area contributed by atoms with Gasteiger partial charge in [-0.05, 0) is 31.2 Å². The molecule has 3 aromatic carbocycles. The predicted molar refractivity (Wildman–Crippen MR) is 121 cm³/mol. The van der Waals surface area contributed by atoms with Crippen LogP contribution in [-0.4, -0.2) is 23.3 Å². The fourth-order valence-corrected chi connectivity index (χ4v) is 3.41. The van der Waals surface area contributed by atoms with Gasteiger partial charge in [0.2, 0.25) is 0 Å². The zero-order valence-corrected chi connectivity index (χ0v) is 17.8. The quantitative estimate of drug-likeness (QED) is 0.270. The van der Waals surface area contributed by atoms with E-state index in [9.17, 15) is 9.59 Å². The highest BCUT2D eigenvalue weighted by Crippen LogP contribution is 2.26. The number of aryl methyl sites for hydroxylation is 1. The Balaban J connectivity index is 1.63. The molecular formula is C25H18BrNO3. The van der Waals surface area contributed by atoms with Crippen molar-refractivity contribution in [1.29, 1.82) is 0 Å². The van der Waals surface area contributed by atoms with Gasteiger partial charge < -0.3 is 4.74 Å². The number of carbonyl (C=O) groups is 2. The van der Waals surface area contributed by atoms with Crippen LogP contribution in [0.5, 0.6) is 0 Å². The number of hydrogen-bond donors (Lipinski definition) is 0. The van der Waals surface area contributed by atoms with Crippen molar-refractivity contribution in [2.24, 2.45) is 0 Å². The Hall–Kier alpha value is -3.31. The van der Waals surface area contributed by atoms with Gasteiger partial charge in [0.1, 0.15) is 0 Å². The van der Waals surface area contributed by atoms with E-state index in [-0.39, 0.29) is 12.4 Å². The molecule has 5 heteroatoms. The van der Waals surface area contributed by atoms with E-state index in [0.29, 0.717) is 27.7 Å². The van der Waals surface area contributed by atoms with Crippen LogP contribution in [0.25, 0.3) is 22.2 Å². The van der Waals surface area contributed by atoms with E-state index in [1.54, 1.807) is 30.3 Å². The van der Waals surface area contributed by atoms with Crippen LogP contribution in [0.2, 0.25) is 0 Å². The molecule has 4 aromatic rings. The second kappa shape index (κ2) is 8.59. The summed E-state index contributed by atoms with van der Waals surface area (Å²) in [5.41, 5.74) is 4.31. The number of para-hydroxylation sites is 1. The Morgan fingerprint density at radius 3 is 2.37 bits per heavy atom. The molecule has 0 aliphatic heterocycles. The van der Waals surface area contributed by atoms with Crippen LogP contribution in [0, 0.1) is 6.92 Å². The lowest BCUT2D eigenvalue weighted by molar-refractivity contribution is 0.0476. The first-order chi connectivity index (χ1) is 14.5. The van der Waals surface area contributed by atoms with Crippen LogP contribution in [-0.2, 0) is 4.74 Å². The van der Waals surface area contributed by atoms with Gasteiger partial charge in [0.25, 0.3) is 0 Å². The zero-order chi connectivity index (χ0) is 21.1. The van der Waals surface area contributed by atoms with Crippen molar-refractivity contribution >= 4 is 38.6 Å². The molecule has 4 rings (SSSR count). The molecule has 0 aliphatic carbocycles. The highest BCUT2D eigenvalue weighted by Gasteiger charge is 2.17. The largest absolute Gasteiger partial charge is 0.454 e. The molecule has 0 aliphatic rings. The Labute approximate surface area is 182 Å². The second-order valence-corrected chi connectivity index (χ2v) is 7.86. The van der Waals surface area contributed by atoms with Crippen molar-refractivity contribution in [3.8, 4) is 11.3 Å². The number of ketones is 1. The number of Topliss-reactive ketones (excluding diaryl/α,β-unsaturated/α-hetero) is 1. The van der Waals surface area contributed by atoms with Crippen molar-refractivity contribution in [2.45, 2.75) is 6.92 Å². The van der Waals surface area contributed by atoms with Crippen LogP contribution in [0.1, 0.15) is 26.3 Å². The lowest BCUT2D eigenvalue weighted by Crippen LogP contribution is -2.15. The van der Waals surface area contributed by atoms with Crippen molar-refractivity contribution in [1.82, 2.24) is 4.98 Å². The smallest absolute Gasteiger partial charge is 0.339 e. The van der Waals surface area contributed by atoms with Crippen molar-refractivity contribution in [2.75, 3.05) is 6.61 Å². The van der Waals surface area contributed by atoms with Crippen molar-refractivity contribution < 1.29 is 14.3 Å². The van der Waals surface area contributed by atoms with Crippen LogP contribution in [0.3, 0.4) is 0 Å². The summed E-state index contributed by atoms with van der Waals surface area (Å²) in [5, 5.41) is 0.689. The monoisotopic (exact) mass is 459 g/mol. The van der Waals surface area contributed by atoms with E-state index in [0.717, 1.165) is 15.6 Å². The topological polar surface area (TPSA) is 56.3 Å². The van der Waals surface area contributed by atoms with E-state index in [2.05, 4.69) is 15.9 Å². The van der Waals surface area contributed by atoms with Gasteiger partial charge in [0.15, 0.2) is 12.4 Å².